The maximum atomic E-state index is 10.2. The van der Waals surface area contributed by atoms with Crippen LogP contribution < -0.4 is 4.74 Å². The van der Waals surface area contributed by atoms with Crippen molar-refractivity contribution in [2.24, 2.45) is 5.92 Å². The third-order valence-electron chi connectivity index (χ3n) is 3.70. The minimum absolute atomic E-state index is 0.00268. The van der Waals surface area contributed by atoms with Crippen molar-refractivity contribution in [3.63, 3.8) is 0 Å². The van der Waals surface area contributed by atoms with Gasteiger partial charge in [0.1, 0.15) is 5.75 Å². The normalized spacial score (nSPS) is 29.2. The van der Waals surface area contributed by atoms with E-state index in [2.05, 4.69) is 4.90 Å². The summed E-state index contributed by atoms with van der Waals surface area (Å²) >= 11 is 0. The van der Waals surface area contributed by atoms with Gasteiger partial charge in [-0.15, -0.1) is 0 Å². The van der Waals surface area contributed by atoms with E-state index in [1.165, 1.54) is 0 Å². The molecule has 2 N–H and O–H groups in total. The first-order valence-corrected chi connectivity index (χ1v) is 6.27. The molecule has 0 saturated carbocycles. The Morgan fingerprint density at radius 2 is 1.94 bits per heavy atom. The molecule has 3 atom stereocenters. The topological polar surface area (TPSA) is 52.9 Å². The van der Waals surface area contributed by atoms with E-state index in [1.54, 1.807) is 7.11 Å². The van der Waals surface area contributed by atoms with E-state index < -0.39 is 6.10 Å². The van der Waals surface area contributed by atoms with Crippen molar-refractivity contribution >= 4 is 0 Å². The lowest BCUT2D eigenvalue weighted by Crippen LogP contribution is -2.47. The number of hydrogen-bond acceptors (Lipinski definition) is 4. The molecular formula is C14H21NO3. The van der Waals surface area contributed by atoms with E-state index in [1.807, 2.05) is 31.3 Å². The highest BCUT2D eigenvalue weighted by Crippen LogP contribution is 2.33. The fraction of sp³-hybridized carbons (Fsp3) is 0.571. The molecule has 18 heavy (non-hydrogen) atoms. The Kier molecular flexibility index (Phi) is 4.22. The Morgan fingerprint density at radius 3 is 2.50 bits per heavy atom. The molecule has 1 saturated heterocycles. The number of nitrogens with zero attached hydrogens (tertiary/aromatic N) is 1. The number of aliphatic hydroxyl groups excluding tert-OH is 2. The predicted octanol–water partition coefficient (Wildman–Crippen LogP) is 0.694. The van der Waals surface area contributed by atoms with Crippen LogP contribution in [0, 0.1) is 5.92 Å². The van der Waals surface area contributed by atoms with E-state index in [0.717, 1.165) is 17.9 Å². The summed E-state index contributed by atoms with van der Waals surface area (Å²) in [6.07, 6.45) is -0.436. The molecule has 0 radical (unpaired) electrons. The van der Waals surface area contributed by atoms with Gasteiger partial charge in [0, 0.05) is 31.5 Å². The summed E-state index contributed by atoms with van der Waals surface area (Å²) in [6.45, 7) is 1.55. The van der Waals surface area contributed by atoms with Crippen LogP contribution in [0.5, 0.6) is 5.75 Å². The average Bonchev–Trinajstić information content (AvgIpc) is 2.38. The number of ether oxygens (including phenoxy) is 1. The van der Waals surface area contributed by atoms with Crippen LogP contribution in [0.1, 0.15) is 11.5 Å². The SMILES string of the molecule is COc1ccc([C@@H]2C(O)CN(C)C[C@H]2CO)cc1. The zero-order valence-corrected chi connectivity index (χ0v) is 10.9. The highest BCUT2D eigenvalue weighted by Gasteiger charge is 2.35. The van der Waals surface area contributed by atoms with Gasteiger partial charge in [-0.1, -0.05) is 12.1 Å². The van der Waals surface area contributed by atoms with Gasteiger partial charge in [-0.3, -0.25) is 0 Å². The first kappa shape index (κ1) is 13.3. The fourth-order valence-corrected chi connectivity index (χ4v) is 2.83. The number of benzene rings is 1. The second-order valence-corrected chi connectivity index (χ2v) is 5.03. The minimum atomic E-state index is -0.436. The number of piperidine rings is 1. The molecule has 0 spiro atoms. The number of hydrogen-bond donors (Lipinski definition) is 2. The van der Waals surface area contributed by atoms with E-state index in [9.17, 15) is 10.2 Å². The molecule has 4 heteroatoms. The summed E-state index contributed by atoms with van der Waals surface area (Å²) in [7, 11) is 3.60. The maximum absolute atomic E-state index is 10.2. The summed E-state index contributed by atoms with van der Waals surface area (Å²) in [5, 5.41) is 19.7. The zero-order chi connectivity index (χ0) is 13.1. The van der Waals surface area contributed by atoms with Crippen molar-refractivity contribution < 1.29 is 14.9 Å². The molecule has 0 bridgehead atoms. The summed E-state index contributed by atoms with van der Waals surface area (Å²) < 4.78 is 5.13. The van der Waals surface area contributed by atoms with E-state index in [0.29, 0.717) is 6.54 Å². The third kappa shape index (κ3) is 2.66. The van der Waals surface area contributed by atoms with E-state index >= 15 is 0 Å². The first-order valence-electron chi connectivity index (χ1n) is 6.27. The average molecular weight is 251 g/mol. The van der Waals surface area contributed by atoms with Crippen LogP contribution in [-0.2, 0) is 0 Å². The number of rotatable bonds is 3. The predicted molar refractivity (Wildman–Crippen MR) is 69.8 cm³/mol. The first-order chi connectivity index (χ1) is 8.65. The highest BCUT2D eigenvalue weighted by atomic mass is 16.5. The van der Waals surface area contributed by atoms with Crippen molar-refractivity contribution in [2.45, 2.75) is 12.0 Å². The highest BCUT2D eigenvalue weighted by molar-refractivity contribution is 5.31. The lowest BCUT2D eigenvalue weighted by atomic mass is 9.79. The molecule has 0 aliphatic carbocycles. The summed E-state index contributed by atoms with van der Waals surface area (Å²) in [6, 6.07) is 7.74. The number of methoxy groups -OCH3 is 1. The number of likely N-dealkylation sites (tertiary alicyclic amines) is 1. The molecule has 1 unspecified atom stereocenters. The van der Waals surface area contributed by atoms with Crippen LogP contribution in [0.25, 0.3) is 0 Å². The Morgan fingerprint density at radius 1 is 1.28 bits per heavy atom. The Labute approximate surface area is 108 Å². The molecule has 1 aliphatic heterocycles. The molecule has 2 rings (SSSR count). The molecular weight excluding hydrogens is 230 g/mol. The van der Waals surface area contributed by atoms with Gasteiger partial charge in [0.25, 0.3) is 0 Å². The Balaban J connectivity index is 2.22. The standard InChI is InChI=1S/C14H21NO3/c1-15-7-11(9-16)14(13(17)8-15)10-3-5-12(18-2)6-4-10/h3-6,11,13-14,16-17H,7-9H2,1-2H3/t11-,13?,14-/m0/s1. The molecule has 1 aliphatic rings. The molecule has 1 heterocycles. The van der Waals surface area contributed by atoms with Gasteiger partial charge >= 0.3 is 0 Å². The molecule has 1 aromatic rings. The van der Waals surface area contributed by atoms with Gasteiger partial charge in [-0.25, -0.2) is 0 Å². The summed E-state index contributed by atoms with van der Waals surface area (Å²) in [5.74, 6) is 0.881. The van der Waals surface area contributed by atoms with Crippen LogP contribution in [-0.4, -0.2) is 55.1 Å². The molecule has 0 aromatic heterocycles. The zero-order valence-electron chi connectivity index (χ0n) is 10.9. The maximum Gasteiger partial charge on any atom is 0.118 e. The van der Waals surface area contributed by atoms with Gasteiger partial charge in [0.05, 0.1) is 13.2 Å². The fourth-order valence-electron chi connectivity index (χ4n) is 2.83. The second kappa shape index (κ2) is 5.69. The Hall–Kier alpha value is -1.10. The van der Waals surface area contributed by atoms with E-state index in [-0.39, 0.29) is 18.4 Å². The van der Waals surface area contributed by atoms with E-state index in [4.69, 9.17) is 4.74 Å². The molecule has 100 valence electrons. The number of likely N-dealkylation sites (N-methyl/N-ethyl adjacent to an activating group) is 1. The van der Waals surface area contributed by atoms with Gasteiger partial charge in [0.15, 0.2) is 0 Å². The smallest absolute Gasteiger partial charge is 0.118 e. The van der Waals surface area contributed by atoms with Crippen LogP contribution in [0.15, 0.2) is 24.3 Å². The van der Waals surface area contributed by atoms with Gasteiger partial charge < -0.3 is 19.8 Å². The number of aliphatic hydroxyl groups is 2. The van der Waals surface area contributed by atoms with Crippen molar-refractivity contribution in [1.29, 1.82) is 0 Å². The molecule has 4 nitrogen and oxygen atoms in total. The number of β-amino-alcohol motifs (C(OH)–C–C–N with tert-alkyl or cyclic N) is 1. The van der Waals surface area contributed by atoms with Gasteiger partial charge in [0.2, 0.25) is 0 Å². The molecule has 0 amide bonds. The van der Waals surface area contributed by atoms with Gasteiger partial charge in [-0.05, 0) is 24.7 Å². The van der Waals surface area contributed by atoms with Crippen molar-refractivity contribution in [2.75, 3.05) is 33.9 Å². The van der Waals surface area contributed by atoms with Crippen LogP contribution in [0.2, 0.25) is 0 Å². The van der Waals surface area contributed by atoms with Crippen LogP contribution in [0.4, 0.5) is 0 Å². The van der Waals surface area contributed by atoms with Crippen molar-refractivity contribution in [1.82, 2.24) is 4.90 Å². The van der Waals surface area contributed by atoms with Crippen LogP contribution >= 0.6 is 0 Å². The second-order valence-electron chi connectivity index (χ2n) is 5.03. The summed E-state index contributed by atoms with van der Waals surface area (Å²) in [5.41, 5.74) is 1.07. The quantitative estimate of drug-likeness (QED) is 0.830. The molecule has 1 aromatic carbocycles. The summed E-state index contributed by atoms with van der Waals surface area (Å²) in [4.78, 5) is 2.06. The van der Waals surface area contributed by atoms with Crippen molar-refractivity contribution in [3.8, 4) is 5.75 Å². The van der Waals surface area contributed by atoms with Crippen molar-refractivity contribution in [3.05, 3.63) is 29.8 Å². The lowest BCUT2D eigenvalue weighted by molar-refractivity contribution is 0.0102. The monoisotopic (exact) mass is 251 g/mol. The minimum Gasteiger partial charge on any atom is -0.497 e. The molecule has 1 fully saturated rings. The largest absolute Gasteiger partial charge is 0.497 e. The van der Waals surface area contributed by atoms with Crippen LogP contribution in [0.3, 0.4) is 0 Å². The van der Waals surface area contributed by atoms with Gasteiger partial charge in [-0.2, -0.15) is 0 Å². The third-order valence-corrected chi connectivity index (χ3v) is 3.70. The lowest BCUT2D eigenvalue weighted by Gasteiger charge is -2.39. The Bertz CT molecular complexity index is 379.